The number of aryl methyl sites for hydroxylation is 1. The molecule has 0 unspecified atom stereocenters. The lowest BCUT2D eigenvalue weighted by molar-refractivity contribution is -0.122. The lowest BCUT2D eigenvalue weighted by atomic mass is 10.2. The molecule has 0 saturated carbocycles. The molecule has 9 heteroatoms. The zero-order valence-corrected chi connectivity index (χ0v) is 16.3. The van der Waals surface area contributed by atoms with Gasteiger partial charge in [-0.05, 0) is 31.5 Å². The number of carbonyl (C=O) groups excluding carboxylic acids is 1. The quantitative estimate of drug-likeness (QED) is 0.660. The van der Waals surface area contributed by atoms with Crippen molar-refractivity contribution in [3.8, 4) is 5.75 Å². The van der Waals surface area contributed by atoms with Crippen molar-refractivity contribution < 1.29 is 22.7 Å². The number of hydrogen-bond acceptors (Lipinski definition) is 6. The average Bonchev–Trinajstić information content (AvgIpc) is 2.62. The van der Waals surface area contributed by atoms with Gasteiger partial charge < -0.3 is 14.8 Å². The molecule has 1 atom stereocenters. The van der Waals surface area contributed by atoms with Gasteiger partial charge in [0.2, 0.25) is 15.9 Å². The van der Waals surface area contributed by atoms with Crippen LogP contribution in [0.25, 0.3) is 0 Å². The van der Waals surface area contributed by atoms with E-state index in [2.05, 4.69) is 14.9 Å². The topological polar surface area (TPSA) is 97.0 Å². The van der Waals surface area contributed by atoms with Crippen LogP contribution in [-0.2, 0) is 19.6 Å². The number of benzene rings is 1. The SMILES string of the molecule is COc1ccc(C)cc1S(=O)(=O)N[C@H](C)C(=O)NCCN1CCOCC1. The van der Waals surface area contributed by atoms with E-state index in [9.17, 15) is 13.2 Å². The monoisotopic (exact) mass is 385 g/mol. The van der Waals surface area contributed by atoms with Gasteiger partial charge in [-0.15, -0.1) is 0 Å². The highest BCUT2D eigenvalue weighted by Gasteiger charge is 2.25. The molecule has 0 aromatic heterocycles. The standard InChI is InChI=1S/C17H27N3O5S/c1-13-4-5-15(24-3)16(12-13)26(22,23)19-14(2)17(21)18-6-7-20-8-10-25-11-9-20/h4-5,12,14,19H,6-11H2,1-3H3,(H,18,21)/t14-/m1/s1. The van der Waals surface area contributed by atoms with Crippen molar-refractivity contribution in [3.63, 3.8) is 0 Å². The zero-order valence-electron chi connectivity index (χ0n) is 15.4. The summed E-state index contributed by atoms with van der Waals surface area (Å²) in [6.45, 7) is 7.55. The lowest BCUT2D eigenvalue weighted by Crippen LogP contribution is -2.47. The van der Waals surface area contributed by atoms with Crippen LogP contribution in [0.2, 0.25) is 0 Å². The summed E-state index contributed by atoms with van der Waals surface area (Å²) < 4.78 is 38.0. The van der Waals surface area contributed by atoms with E-state index in [-0.39, 0.29) is 16.6 Å². The molecule has 0 radical (unpaired) electrons. The summed E-state index contributed by atoms with van der Waals surface area (Å²) in [6.07, 6.45) is 0. The van der Waals surface area contributed by atoms with Gasteiger partial charge in [0.05, 0.1) is 26.4 Å². The number of sulfonamides is 1. The van der Waals surface area contributed by atoms with Gasteiger partial charge in [0.15, 0.2) is 0 Å². The minimum atomic E-state index is -3.88. The smallest absolute Gasteiger partial charge is 0.244 e. The van der Waals surface area contributed by atoms with Crippen LogP contribution in [0, 0.1) is 6.92 Å². The third-order valence-electron chi connectivity index (χ3n) is 4.16. The van der Waals surface area contributed by atoms with E-state index < -0.39 is 16.1 Å². The minimum absolute atomic E-state index is 0.0213. The number of hydrogen-bond donors (Lipinski definition) is 2. The summed E-state index contributed by atoms with van der Waals surface area (Å²) in [5.41, 5.74) is 0.786. The number of methoxy groups -OCH3 is 1. The summed E-state index contributed by atoms with van der Waals surface area (Å²) in [7, 11) is -2.47. The molecule has 0 aliphatic carbocycles. The van der Waals surface area contributed by atoms with Crippen LogP contribution < -0.4 is 14.8 Å². The second kappa shape index (κ2) is 9.31. The van der Waals surface area contributed by atoms with Gasteiger partial charge in [0.1, 0.15) is 10.6 Å². The first kappa shape index (κ1) is 20.6. The normalized spacial score (nSPS) is 16.9. The van der Waals surface area contributed by atoms with E-state index in [1.165, 1.54) is 20.1 Å². The Morgan fingerprint density at radius 2 is 2.04 bits per heavy atom. The van der Waals surface area contributed by atoms with Crippen molar-refractivity contribution in [2.75, 3.05) is 46.5 Å². The largest absolute Gasteiger partial charge is 0.495 e. The molecular formula is C17H27N3O5S. The van der Waals surface area contributed by atoms with Crippen LogP contribution in [0.4, 0.5) is 0 Å². The van der Waals surface area contributed by atoms with E-state index in [0.29, 0.717) is 26.3 Å². The minimum Gasteiger partial charge on any atom is -0.495 e. The number of morpholine rings is 1. The number of nitrogens with one attached hydrogen (secondary N) is 2. The maximum atomic E-state index is 12.6. The Morgan fingerprint density at radius 3 is 2.69 bits per heavy atom. The molecule has 1 amide bonds. The van der Waals surface area contributed by atoms with Crippen LogP contribution in [0.1, 0.15) is 12.5 Å². The Hall–Kier alpha value is -1.68. The van der Waals surface area contributed by atoms with E-state index in [1.54, 1.807) is 19.1 Å². The lowest BCUT2D eigenvalue weighted by Gasteiger charge is -2.26. The second-order valence-electron chi connectivity index (χ2n) is 6.24. The summed E-state index contributed by atoms with van der Waals surface area (Å²) in [6, 6.07) is 3.98. The average molecular weight is 385 g/mol. The molecule has 1 fully saturated rings. The van der Waals surface area contributed by atoms with Gasteiger partial charge in [0.25, 0.3) is 0 Å². The van der Waals surface area contributed by atoms with Crippen molar-refractivity contribution in [1.82, 2.24) is 14.9 Å². The number of nitrogens with zero attached hydrogens (tertiary/aromatic N) is 1. The summed E-state index contributed by atoms with van der Waals surface area (Å²) in [4.78, 5) is 14.4. The van der Waals surface area contributed by atoms with Crippen molar-refractivity contribution in [3.05, 3.63) is 23.8 Å². The van der Waals surface area contributed by atoms with Crippen molar-refractivity contribution in [2.24, 2.45) is 0 Å². The zero-order chi connectivity index (χ0) is 19.2. The Balaban J connectivity index is 1.91. The first-order valence-corrected chi connectivity index (χ1v) is 10.1. The fraction of sp³-hybridized carbons (Fsp3) is 0.588. The maximum absolute atomic E-state index is 12.6. The third kappa shape index (κ3) is 5.66. The maximum Gasteiger partial charge on any atom is 0.244 e. The second-order valence-corrected chi connectivity index (χ2v) is 7.92. The van der Waals surface area contributed by atoms with E-state index >= 15 is 0 Å². The summed E-state index contributed by atoms with van der Waals surface area (Å²) in [5.74, 6) is -0.128. The summed E-state index contributed by atoms with van der Waals surface area (Å²) >= 11 is 0. The first-order valence-electron chi connectivity index (χ1n) is 8.58. The Morgan fingerprint density at radius 1 is 1.35 bits per heavy atom. The van der Waals surface area contributed by atoms with Crippen LogP contribution in [0.15, 0.2) is 23.1 Å². The van der Waals surface area contributed by atoms with Gasteiger partial charge in [-0.3, -0.25) is 9.69 Å². The highest BCUT2D eigenvalue weighted by atomic mass is 32.2. The number of carbonyl (C=O) groups is 1. The fourth-order valence-electron chi connectivity index (χ4n) is 2.66. The molecule has 146 valence electrons. The van der Waals surface area contributed by atoms with Crippen molar-refractivity contribution >= 4 is 15.9 Å². The van der Waals surface area contributed by atoms with Crippen LogP contribution in [-0.4, -0.2) is 71.8 Å². The highest BCUT2D eigenvalue weighted by Crippen LogP contribution is 2.24. The predicted molar refractivity (Wildman–Crippen MR) is 97.8 cm³/mol. The number of amides is 1. The molecule has 2 rings (SSSR count). The van der Waals surface area contributed by atoms with Crippen molar-refractivity contribution in [2.45, 2.75) is 24.8 Å². The predicted octanol–water partition coefficient (Wildman–Crippen LogP) is 0.119. The van der Waals surface area contributed by atoms with E-state index in [0.717, 1.165) is 18.7 Å². The Bertz CT molecular complexity index is 717. The number of ether oxygens (including phenoxy) is 2. The van der Waals surface area contributed by atoms with Crippen LogP contribution in [0.3, 0.4) is 0 Å². The van der Waals surface area contributed by atoms with Gasteiger partial charge in [-0.2, -0.15) is 4.72 Å². The molecule has 1 saturated heterocycles. The molecule has 1 aliphatic rings. The van der Waals surface area contributed by atoms with Crippen LogP contribution in [0.5, 0.6) is 5.75 Å². The van der Waals surface area contributed by atoms with E-state index in [4.69, 9.17) is 9.47 Å². The molecule has 8 nitrogen and oxygen atoms in total. The Labute approximate surface area is 154 Å². The van der Waals surface area contributed by atoms with Gasteiger partial charge >= 0.3 is 0 Å². The van der Waals surface area contributed by atoms with Gasteiger partial charge in [0, 0.05) is 26.2 Å². The number of rotatable bonds is 8. The summed E-state index contributed by atoms with van der Waals surface area (Å²) in [5, 5.41) is 2.76. The molecule has 0 spiro atoms. The van der Waals surface area contributed by atoms with E-state index in [1.807, 2.05) is 0 Å². The van der Waals surface area contributed by atoms with Gasteiger partial charge in [-0.25, -0.2) is 8.42 Å². The molecule has 1 heterocycles. The fourth-order valence-corrected chi connectivity index (χ4v) is 4.12. The van der Waals surface area contributed by atoms with Gasteiger partial charge in [-0.1, -0.05) is 6.07 Å². The molecule has 1 aliphatic heterocycles. The third-order valence-corrected chi connectivity index (χ3v) is 5.73. The Kier molecular flexibility index (Phi) is 7.39. The molecule has 0 bridgehead atoms. The van der Waals surface area contributed by atoms with Crippen molar-refractivity contribution in [1.29, 1.82) is 0 Å². The molecule has 1 aromatic carbocycles. The molecule has 1 aromatic rings. The molecule has 26 heavy (non-hydrogen) atoms. The highest BCUT2D eigenvalue weighted by molar-refractivity contribution is 7.89. The van der Waals surface area contributed by atoms with Crippen LogP contribution >= 0.6 is 0 Å². The molecule has 2 N–H and O–H groups in total. The first-order chi connectivity index (χ1) is 12.3. The molecular weight excluding hydrogens is 358 g/mol.